The number of fused-ring (bicyclic) bond motifs is 1. The molecule has 3 heterocycles. The molecule has 0 bridgehead atoms. The van der Waals surface area contributed by atoms with E-state index in [4.69, 9.17) is 4.74 Å². The van der Waals surface area contributed by atoms with Crippen molar-refractivity contribution in [1.29, 1.82) is 0 Å². The number of esters is 1. The summed E-state index contributed by atoms with van der Waals surface area (Å²) in [6.45, 7) is 5.33. The van der Waals surface area contributed by atoms with Crippen LogP contribution in [-0.2, 0) is 4.74 Å². The summed E-state index contributed by atoms with van der Waals surface area (Å²) in [5.41, 5.74) is 0.273. The van der Waals surface area contributed by atoms with E-state index in [1.165, 1.54) is 13.3 Å². The Kier molecular flexibility index (Phi) is 3.56. The van der Waals surface area contributed by atoms with Crippen LogP contribution in [0.3, 0.4) is 0 Å². The predicted molar refractivity (Wildman–Crippen MR) is 74.6 cm³/mol. The van der Waals surface area contributed by atoms with E-state index in [2.05, 4.69) is 27.1 Å². The summed E-state index contributed by atoms with van der Waals surface area (Å²) in [5.74, 6) is 1.69. The molecule has 6 nitrogen and oxygen atoms in total. The summed E-state index contributed by atoms with van der Waals surface area (Å²) in [5, 5.41) is 3.46. The second-order valence-corrected chi connectivity index (χ2v) is 5.46. The number of methoxy groups -OCH3 is 1. The van der Waals surface area contributed by atoms with E-state index < -0.39 is 5.97 Å². The van der Waals surface area contributed by atoms with Gasteiger partial charge in [-0.1, -0.05) is 6.92 Å². The predicted octanol–water partition coefficient (Wildman–Crippen LogP) is 0.697. The average molecular weight is 276 g/mol. The summed E-state index contributed by atoms with van der Waals surface area (Å²) in [6.07, 6.45) is 4.27. The molecule has 0 spiro atoms. The highest BCUT2D eigenvalue weighted by atomic mass is 16.5. The number of carbonyl (C=O) groups is 1. The second-order valence-electron chi connectivity index (χ2n) is 5.46. The molecule has 0 amide bonds. The van der Waals surface area contributed by atoms with Crippen LogP contribution in [0.4, 0.5) is 5.82 Å². The van der Waals surface area contributed by atoms with Crippen molar-refractivity contribution in [2.75, 3.05) is 31.6 Å². The quantitative estimate of drug-likeness (QED) is 0.820. The maximum Gasteiger partial charge on any atom is 0.358 e. The molecule has 6 heteroatoms. The normalized spacial score (nSPS) is 28.5. The van der Waals surface area contributed by atoms with Gasteiger partial charge < -0.3 is 15.0 Å². The number of hydrogen-bond acceptors (Lipinski definition) is 6. The smallest absolute Gasteiger partial charge is 0.358 e. The molecule has 2 fully saturated rings. The summed E-state index contributed by atoms with van der Waals surface area (Å²) in [7, 11) is 1.36. The van der Waals surface area contributed by atoms with Gasteiger partial charge in [0.15, 0.2) is 5.69 Å². The van der Waals surface area contributed by atoms with Crippen molar-refractivity contribution in [3.8, 4) is 0 Å². The maximum atomic E-state index is 11.6. The summed E-state index contributed by atoms with van der Waals surface area (Å²) < 4.78 is 4.71. The zero-order valence-electron chi connectivity index (χ0n) is 11.9. The third-order valence-electron chi connectivity index (χ3n) is 4.45. The average Bonchev–Trinajstić information content (AvgIpc) is 3.06. The van der Waals surface area contributed by atoms with Gasteiger partial charge in [0.2, 0.25) is 0 Å². The van der Waals surface area contributed by atoms with Crippen LogP contribution in [-0.4, -0.2) is 48.7 Å². The lowest BCUT2D eigenvalue weighted by Crippen LogP contribution is -2.36. The van der Waals surface area contributed by atoms with Crippen molar-refractivity contribution >= 4 is 11.8 Å². The fourth-order valence-corrected chi connectivity index (χ4v) is 3.51. The molecule has 0 saturated carbocycles. The molecule has 0 aliphatic carbocycles. The molecule has 3 rings (SSSR count). The van der Waals surface area contributed by atoms with Crippen LogP contribution >= 0.6 is 0 Å². The van der Waals surface area contributed by atoms with E-state index in [1.807, 2.05) is 0 Å². The number of nitrogens with one attached hydrogen (secondary N) is 1. The lowest BCUT2D eigenvalue weighted by molar-refractivity contribution is 0.0593. The molecule has 108 valence electrons. The Balaban J connectivity index is 1.87. The van der Waals surface area contributed by atoms with E-state index in [-0.39, 0.29) is 5.69 Å². The molecule has 3 atom stereocenters. The summed E-state index contributed by atoms with van der Waals surface area (Å²) in [4.78, 5) is 22.4. The van der Waals surface area contributed by atoms with Crippen LogP contribution in [0.1, 0.15) is 23.8 Å². The number of hydrogen-bond donors (Lipinski definition) is 1. The molecule has 0 radical (unpaired) electrons. The van der Waals surface area contributed by atoms with Crippen molar-refractivity contribution in [3.63, 3.8) is 0 Å². The first kappa shape index (κ1) is 13.3. The number of nitrogens with zero attached hydrogens (tertiary/aromatic N) is 3. The Morgan fingerprint density at radius 1 is 1.50 bits per heavy atom. The first-order valence-electron chi connectivity index (χ1n) is 7.12. The Labute approximate surface area is 118 Å². The van der Waals surface area contributed by atoms with Crippen LogP contribution in [0.2, 0.25) is 0 Å². The van der Waals surface area contributed by atoms with Gasteiger partial charge in [-0.3, -0.25) is 4.98 Å². The fraction of sp³-hybridized carbons (Fsp3) is 0.643. The Hall–Kier alpha value is -1.69. The lowest BCUT2D eigenvalue weighted by atomic mass is 9.93. The van der Waals surface area contributed by atoms with Crippen LogP contribution in [0.15, 0.2) is 12.4 Å². The Morgan fingerprint density at radius 2 is 2.35 bits per heavy atom. The van der Waals surface area contributed by atoms with Gasteiger partial charge in [-0.15, -0.1) is 0 Å². The summed E-state index contributed by atoms with van der Waals surface area (Å²) >= 11 is 0. The molecular formula is C14H20N4O2. The standard InChI is InChI=1S/C14H20N4O2/c1-3-12-10-5-15-4-9(10)8-18(12)13-7-16-6-11(17-13)14(19)20-2/h6-7,9-10,12,15H,3-5,8H2,1-2H3. The largest absolute Gasteiger partial charge is 0.464 e. The lowest BCUT2D eigenvalue weighted by Gasteiger charge is -2.27. The Bertz CT molecular complexity index is 508. The highest BCUT2D eigenvalue weighted by Gasteiger charge is 2.43. The molecule has 1 N–H and O–H groups in total. The van der Waals surface area contributed by atoms with E-state index in [0.717, 1.165) is 31.9 Å². The number of ether oxygens (including phenoxy) is 1. The first-order chi connectivity index (χ1) is 9.74. The van der Waals surface area contributed by atoms with Crippen LogP contribution in [0.25, 0.3) is 0 Å². The van der Waals surface area contributed by atoms with Gasteiger partial charge in [0.1, 0.15) is 5.82 Å². The zero-order chi connectivity index (χ0) is 14.1. The van der Waals surface area contributed by atoms with E-state index in [1.54, 1.807) is 6.20 Å². The van der Waals surface area contributed by atoms with Crippen LogP contribution in [0, 0.1) is 11.8 Å². The van der Waals surface area contributed by atoms with Gasteiger partial charge in [0.25, 0.3) is 0 Å². The molecule has 0 aromatic carbocycles. The van der Waals surface area contributed by atoms with Gasteiger partial charge in [0.05, 0.1) is 19.5 Å². The van der Waals surface area contributed by atoms with Crippen molar-refractivity contribution in [2.24, 2.45) is 11.8 Å². The van der Waals surface area contributed by atoms with Crippen molar-refractivity contribution in [2.45, 2.75) is 19.4 Å². The first-order valence-corrected chi connectivity index (χ1v) is 7.12. The third kappa shape index (κ3) is 2.14. The SMILES string of the molecule is CCC1C2CNCC2CN1c1cncc(C(=O)OC)n1. The molecule has 2 aliphatic heterocycles. The number of aromatic nitrogens is 2. The van der Waals surface area contributed by atoms with E-state index >= 15 is 0 Å². The van der Waals surface area contributed by atoms with Gasteiger partial charge >= 0.3 is 5.97 Å². The van der Waals surface area contributed by atoms with Gasteiger partial charge in [-0.05, 0) is 18.3 Å². The molecule has 3 unspecified atom stereocenters. The minimum Gasteiger partial charge on any atom is -0.464 e. The molecule has 1 aromatic heterocycles. The molecule has 2 aliphatic rings. The summed E-state index contributed by atoms with van der Waals surface area (Å²) in [6, 6.07) is 0.470. The highest BCUT2D eigenvalue weighted by Crippen LogP contribution is 2.36. The minimum absolute atomic E-state index is 0.273. The zero-order valence-corrected chi connectivity index (χ0v) is 11.9. The van der Waals surface area contributed by atoms with E-state index in [0.29, 0.717) is 17.9 Å². The monoisotopic (exact) mass is 276 g/mol. The highest BCUT2D eigenvalue weighted by molar-refractivity contribution is 5.87. The van der Waals surface area contributed by atoms with Crippen LogP contribution < -0.4 is 10.2 Å². The molecular weight excluding hydrogens is 256 g/mol. The van der Waals surface area contributed by atoms with Crippen LogP contribution in [0.5, 0.6) is 0 Å². The maximum absolute atomic E-state index is 11.6. The van der Waals surface area contributed by atoms with E-state index in [9.17, 15) is 4.79 Å². The molecule has 2 saturated heterocycles. The topological polar surface area (TPSA) is 67.4 Å². The third-order valence-corrected chi connectivity index (χ3v) is 4.45. The van der Waals surface area contributed by atoms with Gasteiger partial charge in [-0.25, -0.2) is 9.78 Å². The Morgan fingerprint density at radius 3 is 3.10 bits per heavy atom. The van der Waals surface area contributed by atoms with Crippen molar-refractivity contribution < 1.29 is 9.53 Å². The fourth-order valence-electron chi connectivity index (χ4n) is 3.51. The van der Waals surface area contributed by atoms with Crippen molar-refractivity contribution in [1.82, 2.24) is 15.3 Å². The number of carbonyl (C=O) groups excluding carboxylic acids is 1. The number of anilines is 1. The molecule has 20 heavy (non-hydrogen) atoms. The van der Waals surface area contributed by atoms with Gasteiger partial charge in [-0.2, -0.15) is 0 Å². The second kappa shape index (κ2) is 5.36. The number of rotatable bonds is 3. The van der Waals surface area contributed by atoms with Crippen molar-refractivity contribution in [3.05, 3.63) is 18.1 Å². The van der Waals surface area contributed by atoms with Gasteiger partial charge in [0, 0.05) is 25.7 Å². The minimum atomic E-state index is -0.437. The molecule has 1 aromatic rings.